The van der Waals surface area contributed by atoms with Crippen LogP contribution in [0.5, 0.6) is 0 Å². The van der Waals surface area contributed by atoms with Crippen LogP contribution in [-0.2, 0) is 0 Å². The van der Waals surface area contributed by atoms with Crippen molar-refractivity contribution in [1.82, 2.24) is 4.90 Å². The second kappa shape index (κ2) is 15.6. The fraction of sp³-hybridized carbons (Fsp3) is 0.864. The van der Waals surface area contributed by atoms with Crippen molar-refractivity contribution in [2.24, 2.45) is 10.7 Å². The minimum Gasteiger partial charge on any atom is -0.316 e. The molecule has 0 aromatic rings. The summed E-state index contributed by atoms with van der Waals surface area (Å²) in [5.41, 5.74) is 5.97. The van der Waals surface area contributed by atoms with Crippen molar-refractivity contribution < 1.29 is 0 Å². The topological polar surface area (TPSA) is 41.6 Å². The molecule has 1 aliphatic heterocycles. The second-order valence-corrected chi connectivity index (χ2v) is 7.63. The SMILES string of the molecule is CCCCCCCCCCCCCC/C=C/CC1N=CCN1C(C)N. The van der Waals surface area contributed by atoms with Crippen molar-refractivity contribution in [2.45, 2.75) is 116 Å². The predicted molar refractivity (Wildman–Crippen MR) is 112 cm³/mol. The molecule has 0 amide bonds. The Hall–Kier alpha value is -0.670. The number of hydrogen-bond donors (Lipinski definition) is 1. The van der Waals surface area contributed by atoms with Gasteiger partial charge in [-0.1, -0.05) is 89.7 Å². The summed E-state index contributed by atoms with van der Waals surface area (Å²) in [5.74, 6) is 0. The van der Waals surface area contributed by atoms with Gasteiger partial charge in [0.1, 0.15) is 6.17 Å². The molecular formula is C22H43N3. The van der Waals surface area contributed by atoms with E-state index in [2.05, 4.69) is 29.0 Å². The third-order valence-corrected chi connectivity index (χ3v) is 5.21. The summed E-state index contributed by atoms with van der Waals surface area (Å²) in [5, 5.41) is 0. The van der Waals surface area contributed by atoms with Crippen molar-refractivity contribution in [3.63, 3.8) is 0 Å². The highest BCUT2D eigenvalue weighted by Crippen LogP contribution is 2.14. The van der Waals surface area contributed by atoms with E-state index in [9.17, 15) is 0 Å². The molecule has 2 atom stereocenters. The van der Waals surface area contributed by atoms with Gasteiger partial charge < -0.3 is 5.73 Å². The van der Waals surface area contributed by atoms with Crippen LogP contribution in [-0.4, -0.2) is 30.0 Å². The molecule has 0 aliphatic carbocycles. The summed E-state index contributed by atoms with van der Waals surface area (Å²) in [7, 11) is 0. The van der Waals surface area contributed by atoms with E-state index in [-0.39, 0.29) is 12.3 Å². The average Bonchev–Trinajstić information content (AvgIpc) is 3.07. The van der Waals surface area contributed by atoms with Crippen LogP contribution in [0.3, 0.4) is 0 Å². The fourth-order valence-corrected chi connectivity index (χ4v) is 3.54. The van der Waals surface area contributed by atoms with Gasteiger partial charge in [-0.05, 0) is 19.8 Å². The highest BCUT2D eigenvalue weighted by atomic mass is 15.3. The van der Waals surface area contributed by atoms with Crippen molar-refractivity contribution in [3.8, 4) is 0 Å². The van der Waals surface area contributed by atoms with Gasteiger partial charge in [0.25, 0.3) is 0 Å². The summed E-state index contributed by atoms with van der Waals surface area (Å²) in [6.07, 6.45) is 26.2. The van der Waals surface area contributed by atoms with Gasteiger partial charge in [-0.15, -0.1) is 0 Å². The van der Waals surface area contributed by atoms with Gasteiger partial charge in [-0.2, -0.15) is 0 Å². The van der Waals surface area contributed by atoms with E-state index in [0.29, 0.717) is 0 Å². The summed E-state index contributed by atoms with van der Waals surface area (Å²) >= 11 is 0. The predicted octanol–water partition coefficient (Wildman–Crippen LogP) is 6.04. The van der Waals surface area contributed by atoms with Crippen molar-refractivity contribution >= 4 is 6.21 Å². The maximum atomic E-state index is 5.97. The number of unbranched alkanes of at least 4 members (excludes halogenated alkanes) is 12. The van der Waals surface area contributed by atoms with Crippen LogP contribution < -0.4 is 5.73 Å². The summed E-state index contributed by atoms with van der Waals surface area (Å²) in [6.45, 7) is 5.22. The minimum absolute atomic E-state index is 0.0947. The first kappa shape index (κ1) is 22.4. The molecular weight excluding hydrogens is 306 g/mol. The Morgan fingerprint density at radius 2 is 1.52 bits per heavy atom. The zero-order valence-electron chi connectivity index (χ0n) is 17.0. The Morgan fingerprint density at radius 3 is 2.08 bits per heavy atom. The molecule has 0 spiro atoms. The molecule has 0 aromatic heterocycles. The first-order valence-corrected chi connectivity index (χ1v) is 10.9. The molecule has 1 aliphatic rings. The zero-order chi connectivity index (χ0) is 18.2. The normalized spacial score (nSPS) is 19.2. The van der Waals surface area contributed by atoms with Crippen LogP contribution in [0.2, 0.25) is 0 Å². The smallest absolute Gasteiger partial charge is 0.107 e. The van der Waals surface area contributed by atoms with E-state index in [1.807, 2.05) is 13.1 Å². The molecule has 1 heterocycles. The van der Waals surface area contributed by atoms with Crippen molar-refractivity contribution in [3.05, 3.63) is 12.2 Å². The third-order valence-electron chi connectivity index (χ3n) is 5.21. The second-order valence-electron chi connectivity index (χ2n) is 7.63. The van der Waals surface area contributed by atoms with Crippen LogP contribution in [0.25, 0.3) is 0 Å². The van der Waals surface area contributed by atoms with E-state index >= 15 is 0 Å². The van der Waals surface area contributed by atoms with E-state index in [4.69, 9.17) is 5.73 Å². The monoisotopic (exact) mass is 349 g/mol. The first-order valence-electron chi connectivity index (χ1n) is 10.9. The van der Waals surface area contributed by atoms with Gasteiger partial charge in [-0.3, -0.25) is 9.89 Å². The van der Waals surface area contributed by atoms with Crippen LogP contribution in [0.15, 0.2) is 17.1 Å². The van der Waals surface area contributed by atoms with Crippen LogP contribution in [0, 0.1) is 0 Å². The standard InChI is InChI=1S/C22H43N3/c1-3-4-5-6-7-8-9-10-11-12-13-14-15-16-17-18-22-24-19-20-25(22)21(2)23/h16-17,19,21-22H,3-15,18,20,23H2,1-2H3/b17-16+. The molecule has 0 radical (unpaired) electrons. The Morgan fingerprint density at radius 1 is 0.960 bits per heavy atom. The molecule has 0 fully saturated rings. The van der Waals surface area contributed by atoms with Crippen molar-refractivity contribution in [2.75, 3.05) is 6.54 Å². The highest BCUT2D eigenvalue weighted by Gasteiger charge is 2.22. The van der Waals surface area contributed by atoms with Crippen LogP contribution in [0.4, 0.5) is 0 Å². The lowest BCUT2D eigenvalue weighted by molar-refractivity contribution is 0.194. The minimum atomic E-state index is 0.0947. The molecule has 3 heteroatoms. The molecule has 146 valence electrons. The summed E-state index contributed by atoms with van der Waals surface area (Å²) in [6, 6.07) is 0. The Bertz CT molecular complexity index is 349. The Labute approximate surface area is 157 Å². The van der Waals surface area contributed by atoms with Crippen molar-refractivity contribution in [1.29, 1.82) is 0 Å². The molecule has 0 bridgehead atoms. The lowest BCUT2D eigenvalue weighted by Gasteiger charge is -2.25. The summed E-state index contributed by atoms with van der Waals surface area (Å²) in [4.78, 5) is 6.76. The van der Waals surface area contributed by atoms with Crippen LogP contribution in [0.1, 0.15) is 104 Å². The van der Waals surface area contributed by atoms with E-state index < -0.39 is 0 Å². The maximum absolute atomic E-state index is 5.97. The van der Waals surface area contributed by atoms with Gasteiger partial charge in [-0.25, -0.2) is 0 Å². The molecule has 0 aromatic carbocycles. The van der Waals surface area contributed by atoms with Gasteiger partial charge in [0.15, 0.2) is 0 Å². The van der Waals surface area contributed by atoms with Gasteiger partial charge >= 0.3 is 0 Å². The highest BCUT2D eigenvalue weighted by molar-refractivity contribution is 5.62. The lowest BCUT2D eigenvalue weighted by atomic mass is 10.0. The quantitative estimate of drug-likeness (QED) is 0.272. The van der Waals surface area contributed by atoms with E-state index in [0.717, 1.165) is 13.0 Å². The number of rotatable bonds is 16. The third kappa shape index (κ3) is 11.5. The van der Waals surface area contributed by atoms with Gasteiger partial charge in [0.2, 0.25) is 0 Å². The van der Waals surface area contributed by atoms with Gasteiger partial charge in [0, 0.05) is 19.2 Å². The fourth-order valence-electron chi connectivity index (χ4n) is 3.54. The van der Waals surface area contributed by atoms with Gasteiger partial charge in [0.05, 0.1) is 6.17 Å². The molecule has 0 saturated heterocycles. The number of allylic oxidation sites excluding steroid dienone is 1. The number of nitrogens with two attached hydrogens (primary N) is 1. The average molecular weight is 350 g/mol. The zero-order valence-corrected chi connectivity index (χ0v) is 17.0. The lowest BCUT2D eigenvalue weighted by Crippen LogP contribution is -2.43. The number of aliphatic imine (C=N–C) groups is 1. The Kier molecular flexibility index (Phi) is 13.9. The molecule has 25 heavy (non-hydrogen) atoms. The molecule has 1 rings (SSSR count). The van der Waals surface area contributed by atoms with E-state index in [1.165, 1.54) is 83.5 Å². The first-order chi connectivity index (χ1) is 12.3. The number of hydrogen-bond acceptors (Lipinski definition) is 3. The van der Waals surface area contributed by atoms with Crippen LogP contribution >= 0.6 is 0 Å². The largest absolute Gasteiger partial charge is 0.316 e. The molecule has 0 saturated carbocycles. The molecule has 2 N–H and O–H groups in total. The maximum Gasteiger partial charge on any atom is 0.107 e. The number of nitrogens with zero attached hydrogens (tertiary/aromatic N) is 2. The Balaban J connectivity index is 1.83. The molecule has 3 nitrogen and oxygen atoms in total. The van der Waals surface area contributed by atoms with E-state index in [1.54, 1.807) is 0 Å². The molecule has 2 unspecified atom stereocenters. The summed E-state index contributed by atoms with van der Waals surface area (Å²) < 4.78 is 0.